The highest BCUT2D eigenvalue weighted by atomic mass is 35.5. The first kappa shape index (κ1) is 21.0. The van der Waals surface area contributed by atoms with E-state index in [1.807, 2.05) is 0 Å². The van der Waals surface area contributed by atoms with Gasteiger partial charge in [-0.05, 0) is 24.6 Å². The lowest BCUT2D eigenvalue weighted by atomic mass is 10.1. The minimum Gasteiger partial charge on any atom is -0.746 e. The average molecular weight is 377 g/mol. The fraction of sp³-hybridized carbons (Fsp3) is 0.562. The topological polar surface area (TPSA) is 87.7 Å². The number of rotatable bonds is 12. The van der Waals surface area contributed by atoms with Gasteiger partial charge in [0, 0.05) is 18.0 Å². The Kier molecular flexibility index (Phi) is 10.0. The average Bonchev–Trinajstić information content (AvgIpc) is 2.51. The summed E-state index contributed by atoms with van der Waals surface area (Å²) in [6, 6.07) is 6.00. The quantitative estimate of drug-likeness (QED) is 0.444. The van der Waals surface area contributed by atoms with Crippen LogP contribution in [0.3, 0.4) is 0 Å². The van der Waals surface area contributed by atoms with Crippen LogP contribution in [0.2, 0.25) is 5.02 Å². The Bertz CT molecular complexity index is 555. The largest absolute Gasteiger partial charge is 0.746 e. The van der Waals surface area contributed by atoms with Crippen molar-refractivity contribution in [3.8, 4) is 5.75 Å². The number of hydrogen-bond donors (Lipinski definition) is 1. The van der Waals surface area contributed by atoms with Gasteiger partial charge in [0.05, 0.1) is 6.61 Å². The molecule has 0 saturated carbocycles. The second-order valence-corrected chi connectivity index (χ2v) is 7.11. The molecule has 0 heterocycles. The zero-order valence-electron chi connectivity index (χ0n) is 13.8. The van der Waals surface area contributed by atoms with E-state index in [0.717, 1.165) is 25.7 Å². The van der Waals surface area contributed by atoms with Gasteiger partial charge in [0.1, 0.15) is 5.75 Å². The third-order valence-electron chi connectivity index (χ3n) is 3.19. The predicted molar refractivity (Wildman–Crippen MR) is 92.0 cm³/mol. The first-order valence-electron chi connectivity index (χ1n) is 8.10. The highest BCUT2D eigenvalue weighted by Gasteiger charge is 2.11. The molecule has 0 fully saturated rings. The third-order valence-corrected chi connectivity index (χ3v) is 4.36. The lowest BCUT2D eigenvalue weighted by molar-refractivity contribution is -0.216. The molecule has 1 amide bonds. The van der Waals surface area contributed by atoms with Gasteiger partial charge >= 0.3 is 7.82 Å². The molecule has 1 aromatic carbocycles. The van der Waals surface area contributed by atoms with Crippen molar-refractivity contribution in [1.82, 2.24) is 5.32 Å². The molecule has 0 radical (unpaired) electrons. The number of hydrogen-bond acceptors (Lipinski definition) is 5. The molecule has 1 N–H and O–H groups in total. The first-order chi connectivity index (χ1) is 11.4. The Hall–Kier alpha value is -1.07. The fourth-order valence-corrected chi connectivity index (χ4v) is 2.92. The molecule has 0 aliphatic carbocycles. The van der Waals surface area contributed by atoms with Crippen molar-refractivity contribution in [1.29, 1.82) is 0 Å². The van der Waals surface area contributed by atoms with Gasteiger partial charge in [0.25, 0.3) is 0 Å². The maximum atomic E-state index is 11.7. The SMILES string of the molecule is CCCCCCCC(=O)NCCOP(=O)([O-])Oc1cccc(Cl)c1. The van der Waals surface area contributed by atoms with Crippen molar-refractivity contribution < 1.29 is 23.3 Å². The van der Waals surface area contributed by atoms with Crippen molar-refractivity contribution in [2.75, 3.05) is 13.2 Å². The minimum absolute atomic E-state index is 0.0805. The van der Waals surface area contributed by atoms with Gasteiger partial charge in [-0.15, -0.1) is 0 Å². The van der Waals surface area contributed by atoms with Gasteiger partial charge in [0.15, 0.2) is 0 Å². The molecule has 0 spiro atoms. The molecule has 1 unspecified atom stereocenters. The maximum Gasteiger partial charge on any atom is 0.319 e. The standard InChI is InChI=1S/C16H25ClNO5P/c1-2-3-4-5-6-10-16(19)18-11-12-22-24(20,21)23-15-9-7-8-14(17)13-15/h7-9,13H,2-6,10-12H2,1H3,(H,18,19)(H,20,21)/p-1. The molecule has 1 atom stereocenters. The van der Waals surface area contributed by atoms with E-state index in [1.54, 1.807) is 12.1 Å². The molecule has 0 aliphatic rings. The van der Waals surface area contributed by atoms with Crippen LogP contribution in [0.15, 0.2) is 24.3 Å². The summed E-state index contributed by atoms with van der Waals surface area (Å²) in [5.41, 5.74) is 0. The molecule has 6 nitrogen and oxygen atoms in total. The van der Waals surface area contributed by atoms with Crippen LogP contribution in [0.25, 0.3) is 0 Å². The van der Waals surface area contributed by atoms with Crippen LogP contribution >= 0.6 is 19.4 Å². The van der Waals surface area contributed by atoms with E-state index in [9.17, 15) is 14.3 Å². The number of carbonyl (C=O) groups is 1. The Balaban J connectivity index is 2.17. The van der Waals surface area contributed by atoms with Gasteiger partial charge in [0.2, 0.25) is 5.91 Å². The number of phosphoric acid groups is 1. The van der Waals surface area contributed by atoms with E-state index in [2.05, 4.69) is 12.2 Å². The number of benzene rings is 1. The van der Waals surface area contributed by atoms with Crippen LogP contribution in [0.4, 0.5) is 0 Å². The van der Waals surface area contributed by atoms with Crippen LogP contribution in [0.1, 0.15) is 45.4 Å². The normalized spacial score (nSPS) is 13.3. The lowest BCUT2D eigenvalue weighted by Gasteiger charge is -2.23. The Morgan fingerprint density at radius 3 is 2.75 bits per heavy atom. The molecule has 8 heteroatoms. The van der Waals surface area contributed by atoms with E-state index < -0.39 is 7.82 Å². The monoisotopic (exact) mass is 376 g/mol. The number of unbranched alkanes of at least 4 members (excludes halogenated alkanes) is 4. The van der Waals surface area contributed by atoms with Crippen LogP contribution in [0, 0.1) is 0 Å². The van der Waals surface area contributed by atoms with Crippen LogP contribution in [-0.2, 0) is 13.9 Å². The van der Waals surface area contributed by atoms with Crippen LogP contribution < -0.4 is 14.7 Å². The van der Waals surface area contributed by atoms with Crippen molar-refractivity contribution in [2.24, 2.45) is 0 Å². The van der Waals surface area contributed by atoms with E-state index in [0.29, 0.717) is 11.4 Å². The Morgan fingerprint density at radius 1 is 1.29 bits per heavy atom. The predicted octanol–water partition coefficient (Wildman–Crippen LogP) is 3.68. The highest BCUT2D eigenvalue weighted by molar-refractivity contribution is 7.46. The molecule has 0 bridgehead atoms. The first-order valence-corrected chi connectivity index (χ1v) is 9.94. The molecule has 1 rings (SSSR count). The van der Waals surface area contributed by atoms with Gasteiger partial charge in [-0.2, -0.15) is 0 Å². The summed E-state index contributed by atoms with van der Waals surface area (Å²) in [5, 5.41) is 2.98. The summed E-state index contributed by atoms with van der Waals surface area (Å²) < 4.78 is 21.1. The second-order valence-electron chi connectivity index (χ2n) is 5.34. The zero-order valence-corrected chi connectivity index (χ0v) is 15.5. The van der Waals surface area contributed by atoms with Crippen LogP contribution in [0.5, 0.6) is 5.75 Å². The molecule has 136 valence electrons. The number of amides is 1. The summed E-state index contributed by atoms with van der Waals surface area (Å²) >= 11 is 5.74. The third kappa shape index (κ3) is 9.93. The van der Waals surface area contributed by atoms with Gasteiger partial charge < -0.3 is 19.3 Å². The number of nitrogens with one attached hydrogen (secondary N) is 1. The van der Waals surface area contributed by atoms with Gasteiger partial charge in [-0.1, -0.05) is 50.3 Å². The Morgan fingerprint density at radius 2 is 2.04 bits per heavy atom. The van der Waals surface area contributed by atoms with Crippen molar-refractivity contribution >= 4 is 25.3 Å². The summed E-state index contributed by atoms with van der Waals surface area (Å²) in [4.78, 5) is 23.2. The Labute approximate surface area is 148 Å². The van der Waals surface area contributed by atoms with Crippen LogP contribution in [-0.4, -0.2) is 19.1 Å². The molecular weight excluding hydrogens is 353 g/mol. The number of carbonyl (C=O) groups excluding carboxylic acids is 1. The lowest BCUT2D eigenvalue weighted by Crippen LogP contribution is -2.27. The highest BCUT2D eigenvalue weighted by Crippen LogP contribution is 2.39. The maximum absolute atomic E-state index is 11.7. The molecule has 0 aromatic heterocycles. The number of phosphoric ester groups is 1. The van der Waals surface area contributed by atoms with Crippen molar-refractivity contribution in [3.63, 3.8) is 0 Å². The van der Waals surface area contributed by atoms with E-state index in [-0.39, 0.29) is 24.8 Å². The molecule has 0 aliphatic heterocycles. The van der Waals surface area contributed by atoms with Gasteiger partial charge in [-0.3, -0.25) is 9.36 Å². The summed E-state index contributed by atoms with van der Waals surface area (Å²) in [6.45, 7) is 2.07. The number of halogens is 1. The van der Waals surface area contributed by atoms with Crippen molar-refractivity contribution in [3.05, 3.63) is 29.3 Å². The molecule has 1 aromatic rings. The summed E-state index contributed by atoms with van der Waals surface area (Å²) in [5.74, 6) is -0.0245. The van der Waals surface area contributed by atoms with E-state index in [1.165, 1.54) is 18.6 Å². The van der Waals surface area contributed by atoms with E-state index in [4.69, 9.17) is 20.6 Å². The molecule has 24 heavy (non-hydrogen) atoms. The summed E-state index contributed by atoms with van der Waals surface area (Å²) in [7, 11) is -4.49. The van der Waals surface area contributed by atoms with Gasteiger partial charge in [-0.25, -0.2) is 0 Å². The minimum atomic E-state index is -4.49. The van der Waals surface area contributed by atoms with E-state index >= 15 is 0 Å². The summed E-state index contributed by atoms with van der Waals surface area (Å²) in [6.07, 6.45) is 5.79. The smallest absolute Gasteiger partial charge is 0.319 e. The zero-order chi connectivity index (χ0) is 17.8. The second kappa shape index (κ2) is 11.5. The van der Waals surface area contributed by atoms with Crippen molar-refractivity contribution in [2.45, 2.75) is 45.4 Å². The molecule has 0 saturated heterocycles. The fourth-order valence-electron chi connectivity index (χ4n) is 2.00. The molecular formula is C16H24ClNO5P-.